The second-order valence-corrected chi connectivity index (χ2v) is 15.2. The smallest absolute Gasteiger partial charge is 0.543 e. The third-order valence-corrected chi connectivity index (χ3v) is 11.0. The van der Waals surface area contributed by atoms with Crippen LogP contribution >= 0.6 is 34.9 Å². The van der Waals surface area contributed by atoms with E-state index in [0.717, 1.165) is 28.4 Å². The summed E-state index contributed by atoms with van der Waals surface area (Å²) in [5.41, 5.74) is 8.01. The molecule has 5 heterocycles. The summed E-state index contributed by atoms with van der Waals surface area (Å²) in [4.78, 5) is 83.8. The molecule has 25 heteroatoms. The molecule has 1 aromatic carbocycles. The van der Waals surface area contributed by atoms with E-state index < -0.39 is 63.8 Å². The van der Waals surface area contributed by atoms with Crippen LogP contribution in [0, 0.1) is 6.92 Å². The van der Waals surface area contributed by atoms with Gasteiger partial charge in [0.1, 0.15) is 28.0 Å². The summed E-state index contributed by atoms with van der Waals surface area (Å²) in [6, 6.07) is 3.67. The van der Waals surface area contributed by atoms with E-state index in [4.69, 9.17) is 10.6 Å². The Labute approximate surface area is 350 Å². The van der Waals surface area contributed by atoms with Crippen LogP contribution in [0.4, 0.5) is 5.13 Å². The summed E-state index contributed by atoms with van der Waals surface area (Å²) in [7, 11) is 0. The number of aliphatic carboxylic acids is 1. The number of oxime groups is 1. The van der Waals surface area contributed by atoms with Gasteiger partial charge in [-0.1, -0.05) is 5.16 Å². The molecule has 56 heavy (non-hydrogen) atoms. The molecule has 0 spiro atoms. The molecule has 288 valence electrons. The molecular weight excluding hydrogens is 806 g/mol. The van der Waals surface area contributed by atoms with E-state index in [-0.39, 0.29) is 75.5 Å². The molecule has 2 aliphatic heterocycles. The van der Waals surface area contributed by atoms with Crippen LogP contribution in [0.5, 0.6) is 11.5 Å². The van der Waals surface area contributed by atoms with Crippen LogP contribution in [-0.2, 0) is 30.6 Å². The normalized spacial score (nSPS) is 16.8. The number of aliphatic hydroxyl groups is 1. The molecule has 2 aliphatic rings. The van der Waals surface area contributed by atoms with E-state index in [9.17, 15) is 44.4 Å². The van der Waals surface area contributed by atoms with Crippen molar-refractivity contribution in [2.75, 3.05) is 17.2 Å². The molecule has 4 amide bonds. The number of aryl methyl sites for hydroxylation is 1. The zero-order chi connectivity index (χ0) is 39.8. The number of anilines is 1. The Kier molecular flexibility index (Phi) is 12.8. The summed E-state index contributed by atoms with van der Waals surface area (Å²) in [5, 5.41) is 53.0. The number of thiazole rings is 1. The number of nitrogen functional groups attached to an aromatic ring is 1. The average molecular weight is 836 g/mol. The largest absolute Gasteiger partial charge is 1.00 e. The van der Waals surface area contributed by atoms with Gasteiger partial charge in [0.25, 0.3) is 29.4 Å². The first-order chi connectivity index (χ1) is 26.1. The summed E-state index contributed by atoms with van der Waals surface area (Å²) in [6.07, 6.45) is 0. The molecule has 1 fully saturated rings. The number of rotatable bonds is 12. The van der Waals surface area contributed by atoms with Gasteiger partial charge in [0.05, 0.1) is 24.0 Å². The Morgan fingerprint density at radius 1 is 1.14 bits per heavy atom. The number of phenols is 2. The second kappa shape index (κ2) is 17.0. The van der Waals surface area contributed by atoms with Crippen molar-refractivity contribution in [2.45, 2.75) is 49.4 Å². The number of hydrazine groups is 1. The van der Waals surface area contributed by atoms with Crippen molar-refractivity contribution < 1.29 is 78.8 Å². The number of hydrogen-bond donors (Lipinski definition) is 7. The maximum Gasteiger partial charge on any atom is 1.00 e. The molecular formula is C31H30N11NaO10S3. The summed E-state index contributed by atoms with van der Waals surface area (Å²) in [5.74, 6) is -5.05. The maximum absolute atomic E-state index is 13.6. The molecule has 0 radical (unpaired) electrons. The van der Waals surface area contributed by atoms with Gasteiger partial charge in [0.15, 0.2) is 22.3 Å². The van der Waals surface area contributed by atoms with Crippen LogP contribution in [0.3, 0.4) is 0 Å². The molecule has 0 saturated carbocycles. The predicted molar refractivity (Wildman–Crippen MR) is 193 cm³/mol. The molecule has 1 saturated heterocycles. The van der Waals surface area contributed by atoms with E-state index in [1.54, 1.807) is 13.0 Å². The van der Waals surface area contributed by atoms with Crippen molar-refractivity contribution in [2.24, 2.45) is 5.16 Å². The van der Waals surface area contributed by atoms with Gasteiger partial charge < -0.3 is 41.1 Å². The number of nitrogens with zero attached hydrogens (tertiary/aromatic N) is 7. The summed E-state index contributed by atoms with van der Waals surface area (Å²) >= 11 is 3.39. The number of aromatic nitrogens is 5. The first kappa shape index (κ1) is 42.2. The van der Waals surface area contributed by atoms with Gasteiger partial charge in [-0.2, -0.15) is 9.50 Å². The number of fused-ring (bicyclic) bond motifs is 2. The first-order valence-corrected chi connectivity index (χ1v) is 18.8. The number of hydrogen-bond acceptors (Lipinski definition) is 19. The SMILES string of the molecule is Cc1nc2nc(CO)cc(SCC3=C(C(=O)[O-])N4C(=O)C(NC(=O)C(=NOC(C)(C)C(=O)NNC(=O)c5ccc(O)c(O)c5)c5csc(N)n5)[C@@H]4SC3)n2n1.[Na+]. The Balaban J connectivity index is 0.00000600. The third kappa shape index (κ3) is 8.69. The molecule has 2 atom stereocenters. The zero-order valence-electron chi connectivity index (χ0n) is 29.8. The molecule has 4 aromatic rings. The van der Waals surface area contributed by atoms with Crippen molar-refractivity contribution in [3.05, 3.63) is 63.7 Å². The zero-order valence-corrected chi connectivity index (χ0v) is 34.2. The van der Waals surface area contributed by atoms with E-state index in [2.05, 4.69) is 41.4 Å². The number of carbonyl (C=O) groups excluding carboxylic acids is 5. The second-order valence-electron chi connectivity index (χ2n) is 12.2. The number of thioether (sulfide) groups is 2. The van der Waals surface area contributed by atoms with Gasteiger partial charge in [-0.3, -0.25) is 34.9 Å². The molecule has 3 aromatic heterocycles. The third-order valence-electron chi connectivity index (χ3n) is 7.94. The van der Waals surface area contributed by atoms with Gasteiger partial charge in [0, 0.05) is 22.4 Å². The Morgan fingerprint density at radius 3 is 2.55 bits per heavy atom. The number of carboxylic acid groups (broad SMARTS) is 1. The quantitative estimate of drug-likeness (QED) is 0.0135. The minimum absolute atomic E-state index is 0. The van der Waals surface area contributed by atoms with Crippen LogP contribution in [0.15, 0.2) is 51.1 Å². The number of phenolic OH excluding ortho intramolecular Hbond substituents is 2. The predicted octanol–water partition coefficient (Wildman–Crippen LogP) is -4.46. The first-order valence-electron chi connectivity index (χ1n) is 15.8. The number of carbonyl (C=O) groups is 5. The van der Waals surface area contributed by atoms with E-state index in [1.165, 1.54) is 53.3 Å². The van der Waals surface area contributed by atoms with E-state index in [0.29, 0.717) is 22.1 Å². The number of benzene rings is 1. The fraction of sp³-hybridized carbons (Fsp3) is 0.290. The number of β-lactam (4-membered cyclic amide) rings is 1. The van der Waals surface area contributed by atoms with Crippen molar-refractivity contribution in [3.8, 4) is 11.5 Å². The Bertz CT molecular complexity index is 2310. The van der Waals surface area contributed by atoms with Crippen molar-refractivity contribution >= 4 is 81.1 Å². The number of aliphatic hydroxyl groups excluding tert-OH is 1. The van der Waals surface area contributed by atoms with Crippen LogP contribution in [0.2, 0.25) is 0 Å². The molecule has 0 bridgehead atoms. The van der Waals surface area contributed by atoms with Gasteiger partial charge in [-0.25, -0.2) is 9.97 Å². The Hall–Kier alpha value is -4.98. The van der Waals surface area contributed by atoms with Crippen LogP contribution in [-0.4, -0.2) is 109 Å². The van der Waals surface area contributed by atoms with Crippen molar-refractivity contribution in [3.63, 3.8) is 0 Å². The summed E-state index contributed by atoms with van der Waals surface area (Å²) < 4.78 is 1.47. The van der Waals surface area contributed by atoms with Crippen molar-refractivity contribution in [1.29, 1.82) is 0 Å². The van der Waals surface area contributed by atoms with Crippen LogP contribution in [0.1, 0.15) is 41.4 Å². The summed E-state index contributed by atoms with van der Waals surface area (Å²) in [6.45, 7) is 3.88. The fourth-order valence-electron chi connectivity index (χ4n) is 5.13. The van der Waals surface area contributed by atoms with Gasteiger partial charge in [0.2, 0.25) is 5.60 Å². The standard InChI is InChI=1S/C31H31N11O10S3.Na/c1-12-33-30-34-15(8-43)7-19(42(30)39-12)53-9-14-10-54-26-21(25(48)41(26)22(14)27(49)50)36-24(47)20(16-11-55-29(32)35-16)40-52-31(2,3)28(51)38-37-23(46)13-4-5-17(44)18(45)6-13;/h4-7,11,21,26,43-45H,8-10H2,1-3H3,(H2,32,35)(H,36,47)(H,37,46)(H,38,51)(H,49,50);/q;+1/p-1/t21?,26-;/m0./s1. The number of nitrogens with two attached hydrogens (primary N) is 1. The topological polar surface area (TPSA) is 312 Å². The monoisotopic (exact) mass is 835 g/mol. The van der Waals surface area contributed by atoms with Gasteiger partial charge in [-0.05, 0) is 50.6 Å². The molecule has 8 N–H and O–H groups in total. The fourth-order valence-corrected chi connectivity index (χ4v) is 8.18. The van der Waals surface area contributed by atoms with Gasteiger partial charge in [-0.15, -0.1) is 40.0 Å². The number of amides is 4. The van der Waals surface area contributed by atoms with Gasteiger partial charge >= 0.3 is 29.6 Å². The minimum atomic E-state index is -1.82. The molecule has 6 rings (SSSR count). The maximum atomic E-state index is 13.6. The molecule has 0 aliphatic carbocycles. The average Bonchev–Trinajstić information content (AvgIpc) is 3.76. The van der Waals surface area contributed by atoms with Crippen molar-refractivity contribution in [1.82, 2.24) is 45.6 Å². The molecule has 21 nitrogen and oxygen atoms in total. The number of aromatic hydroxyl groups is 2. The van der Waals surface area contributed by atoms with E-state index >= 15 is 0 Å². The van der Waals surface area contributed by atoms with Crippen LogP contribution in [0.25, 0.3) is 5.78 Å². The Morgan fingerprint density at radius 2 is 1.89 bits per heavy atom. The number of nitrogens with one attached hydrogen (secondary N) is 3. The molecule has 1 unspecified atom stereocenters. The number of carboxylic acids is 1. The van der Waals surface area contributed by atoms with E-state index in [1.807, 2.05) is 0 Å². The van der Waals surface area contributed by atoms with Crippen LogP contribution < -0.4 is 56.6 Å². The minimum Gasteiger partial charge on any atom is -0.543 e.